The minimum Gasteiger partial charge on any atom is -0.460 e. The van der Waals surface area contributed by atoms with Crippen LogP contribution in [-0.2, 0) is 107 Å². The zero-order chi connectivity index (χ0) is 107. The molecule has 0 fully saturated rings. The zero-order valence-electron chi connectivity index (χ0n) is 83.9. The number of amides is 8. The van der Waals surface area contributed by atoms with E-state index in [1.807, 2.05) is 0 Å². The highest BCUT2D eigenvalue weighted by atomic mass is 19.1. The summed E-state index contributed by atoms with van der Waals surface area (Å²) < 4.78 is 56.7. The molecule has 5 aromatic rings. The molecule has 0 saturated heterocycles. The van der Waals surface area contributed by atoms with Gasteiger partial charge >= 0.3 is 36.4 Å². The third-order valence-electron chi connectivity index (χ3n) is 19.5. The molecule has 5 rings (SSSR count). The second-order valence-corrected chi connectivity index (χ2v) is 37.1. The predicted octanol–water partition coefficient (Wildman–Crippen LogP) is 13.9. The minimum absolute atomic E-state index is 0. The maximum absolute atomic E-state index is 14.0. The van der Waals surface area contributed by atoms with Crippen LogP contribution >= 0.6 is 0 Å². The van der Waals surface area contributed by atoms with Gasteiger partial charge < -0.3 is 84.7 Å². The van der Waals surface area contributed by atoms with Crippen LogP contribution in [0.15, 0.2) is 121 Å². The largest absolute Gasteiger partial charge is 0.519 e. The molecule has 43 heteroatoms. The van der Waals surface area contributed by atoms with E-state index in [4.69, 9.17) is 39.3 Å². The highest BCUT2D eigenvalue weighted by Gasteiger charge is 2.37. The Labute approximate surface area is 829 Å². The van der Waals surface area contributed by atoms with Crippen LogP contribution in [0.3, 0.4) is 0 Å². The molecule has 0 unspecified atom stereocenters. The number of aliphatic hydroxyl groups is 1. The molecule has 0 aliphatic rings. The first kappa shape index (κ1) is 126. The molecule has 42 nitrogen and oxygen atoms in total. The Morgan fingerprint density at radius 3 is 0.965 bits per heavy atom. The average molecular weight is 2000 g/mol. The van der Waals surface area contributed by atoms with Gasteiger partial charge in [0.1, 0.15) is 58.3 Å². The van der Waals surface area contributed by atoms with Crippen molar-refractivity contribution in [2.24, 2.45) is 23.7 Å². The standard InChI is InChI=1S/C45H63N5O14.C38H60N4O10.C13H8N2O7.CH3F.2CH4/c1-28(2)33(25-37(52)34(22-23-40(55)63-44(3,4)5)47-38(53)12-11-13-39(54)49(9)10)41(56)48-35(26-46-42(57)64-45(6,7)8)36(51)24-29-14-16-30(17-15-29)27-61-43(58)62-32-20-18-31(19-21-32)50(59)60;1-24(2)27(21-31(45)28(18-19-34(48)51-37(3,4)5)40-32(46)12-11-13-33(47)42(9)10)35(49)41-29(22-39-36(50)52-38(6,7)8)30(44)20-25-14-16-26(23-43)17-15-25;16-13(21-11-5-1-9(2-6-11)14(17)18)22-12-7-3-10(4-8-12)15(19)20;1-2;;/h14-21,28,33-35H,11-13,22-27H2,1-10H3,(H,46,57)(H,47,53)(H,48,56);14-17,24,27-29,43H,11-13,18-23H2,1-10H3,(H,39,50)(H,40,46)(H,41,49);1-8H;1H3;2*1H4/t33-,34-,35-;27-,28-,29-;;;;/m00..../s1/i;;;1D;;. The van der Waals surface area contributed by atoms with Crippen LogP contribution in [0.25, 0.3) is 0 Å². The number of carbonyl (C=O) groups excluding carboxylic acids is 16. The third-order valence-corrected chi connectivity index (χ3v) is 19.5. The monoisotopic (exact) mass is 2000 g/mol. The average Bonchev–Trinajstić information content (AvgIpc) is 0.850. The van der Waals surface area contributed by atoms with Crippen LogP contribution < -0.4 is 46.1 Å². The van der Waals surface area contributed by atoms with E-state index in [9.17, 15) is 117 Å². The van der Waals surface area contributed by atoms with Gasteiger partial charge in [-0.1, -0.05) is 91.1 Å². The summed E-state index contributed by atoms with van der Waals surface area (Å²) in [4.78, 5) is 239. The molecular formula is C99H142FN11O31. The molecular weight excluding hydrogens is 1860 g/mol. The number of nitro groups is 3. The van der Waals surface area contributed by atoms with Crippen LogP contribution in [-0.4, -0.2) is 220 Å². The number of alkyl halides is 1. The van der Waals surface area contributed by atoms with E-state index in [0.717, 1.165) is 0 Å². The fourth-order valence-electron chi connectivity index (χ4n) is 12.3. The Kier molecular flexibility index (Phi) is 55.5. The number of ether oxygens (including phenoxy) is 8. The predicted molar refractivity (Wildman–Crippen MR) is 521 cm³/mol. The Morgan fingerprint density at radius 2 is 0.690 bits per heavy atom. The van der Waals surface area contributed by atoms with Gasteiger partial charge in [-0.15, -0.1) is 0 Å². The van der Waals surface area contributed by atoms with Crippen molar-refractivity contribution in [3.63, 3.8) is 0 Å². The maximum atomic E-state index is 14.0. The molecule has 0 heterocycles. The lowest BCUT2D eigenvalue weighted by molar-refractivity contribution is -0.385. The molecule has 0 aliphatic carbocycles. The van der Waals surface area contributed by atoms with Crippen molar-refractivity contribution in [3.8, 4) is 17.2 Å². The maximum Gasteiger partial charge on any atom is 0.519 e. The van der Waals surface area contributed by atoms with Gasteiger partial charge in [0.05, 0.1) is 42.0 Å². The lowest BCUT2D eigenvalue weighted by Crippen LogP contribution is -2.52. The molecule has 0 radical (unpaired) electrons. The van der Waals surface area contributed by atoms with Crippen LogP contribution in [0, 0.1) is 54.0 Å². The molecule has 0 aliphatic heterocycles. The normalized spacial score (nSPS) is 12.3. The molecule has 7 N–H and O–H groups in total. The van der Waals surface area contributed by atoms with Crippen LogP contribution in [0.2, 0.25) is 0 Å². The summed E-state index contributed by atoms with van der Waals surface area (Å²) in [7, 11) is 5.42. The Bertz CT molecular complexity index is 4950. The quantitative estimate of drug-likeness (QED) is 0.00625. The van der Waals surface area contributed by atoms with Crippen molar-refractivity contribution in [1.29, 1.82) is 0 Å². The summed E-state index contributed by atoms with van der Waals surface area (Å²) >= 11 is 0. The number of nitro benzene ring substituents is 3. The van der Waals surface area contributed by atoms with Crippen molar-refractivity contribution in [2.45, 2.75) is 275 Å². The molecule has 0 saturated carbocycles. The van der Waals surface area contributed by atoms with E-state index >= 15 is 0 Å². The molecule has 786 valence electrons. The topological polar surface area (TPSA) is 575 Å². The van der Waals surface area contributed by atoms with Crippen LogP contribution in [0.4, 0.5) is 40.6 Å². The first-order valence-corrected chi connectivity index (χ1v) is 44.8. The number of hydrogen-bond donors (Lipinski definition) is 7. The molecule has 8 amide bonds. The van der Waals surface area contributed by atoms with E-state index in [1.165, 1.54) is 82.6 Å². The van der Waals surface area contributed by atoms with E-state index in [1.54, 1.807) is 188 Å². The fraction of sp³-hybridized carbons (Fsp3) is 0.535. The first-order chi connectivity index (χ1) is 65.6. The highest BCUT2D eigenvalue weighted by molar-refractivity contribution is 5.97. The number of halogens is 1. The number of esters is 2. The Balaban J connectivity index is 0.00000227. The number of carbonyl (C=O) groups is 16. The van der Waals surface area contributed by atoms with Crippen molar-refractivity contribution in [2.75, 3.05) is 48.4 Å². The molecule has 0 bridgehead atoms. The van der Waals surface area contributed by atoms with Crippen molar-refractivity contribution in [1.82, 2.24) is 41.7 Å². The Morgan fingerprint density at radius 1 is 0.401 bits per heavy atom. The van der Waals surface area contributed by atoms with Crippen LogP contribution in [0.1, 0.15) is 226 Å². The van der Waals surface area contributed by atoms with Gasteiger partial charge in [-0.2, -0.15) is 0 Å². The van der Waals surface area contributed by atoms with Crippen molar-refractivity contribution >= 4 is 112 Å². The number of aliphatic hydroxyl groups excluding tert-OH is 1. The van der Waals surface area contributed by atoms with Crippen LogP contribution in [0.5, 0.6) is 17.2 Å². The summed E-state index contributed by atoms with van der Waals surface area (Å²) in [5, 5.41) is 57.0. The zero-order valence-corrected chi connectivity index (χ0v) is 82.9. The molecule has 6 atom stereocenters. The van der Waals surface area contributed by atoms with Gasteiger partial charge in [0.15, 0.2) is 23.1 Å². The minimum atomic E-state index is -1.28. The second-order valence-electron chi connectivity index (χ2n) is 37.1. The number of nitrogens with zero attached hydrogens (tertiary/aromatic N) is 5. The number of benzene rings is 5. The van der Waals surface area contributed by atoms with E-state index in [-0.39, 0.29) is 183 Å². The van der Waals surface area contributed by atoms with Crippen molar-refractivity contribution < 1.29 is 140 Å². The first-order valence-electron chi connectivity index (χ1n) is 45.5. The number of hydrogen-bond acceptors (Lipinski definition) is 31. The van der Waals surface area contributed by atoms with Gasteiger partial charge in [-0.3, -0.25) is 92.3 Å². The number of non-ortho nitro benzene ring substituents is 3. The van der Waals surface area contributed by atoms with E-state index in [2.05, 4.69) is 31.9 Å². The second kappa shape index (κ2) is 62.7. The van der Waals surface area contributed by atoms with E-state index < -0.39 is 169 Å². The summed E-state index contributed by atoms with van der Waals surface area (Å²) in [5.74, 6) is -8.25. The SMILES string of the molecule is C.C.CC(C)[C@H](CC(=O)[C@H](CCC(=O)OC(C)(C)C)NC(=O)CCCC(=O)N(C)C)C(=O)N[C@@H](CNC(=O)OC(C)(C)C)C(=O)Cc1ccc(CO)cc1.CC(C)[C@H](CC(=O)[C@H](CCC(=O)OC(C)(C)C)NC(=O)CCCC(=O)N(C)C)C(=O)N[C@@H](CNC(=O)OC(C)(C)C)C(=O)Cc1ccc(COC(=O)Oc2ccc([N+](=O)[O-])cc2)cc1.O=C(Oc1ccc([N+](=O)[O-])cc1)Oc1ccc([N+](=O)[O-])cc1.[2H]CF. The summed E-state index contributed by atoms with van der Waals surface area (Å²) in [5.41, 5.74) is -1.32. The number of alkyl carbamates (subject to hydrolysis) is 2. The van der Waals surface area contributed by atoms with Gasteiger partial charge in [0, 0.05) is 154 Å². The molecule has 0 spiro atoms. The van der Waals surface area contributed by atoms with Gasteiger partial charge in [-0.05, 0) is 179 Å². The highest BCUT2D eigenvalue weighted by Crippen LogP contribution is 2.27. The summed E-state index contributed by atoms with van der Waals surface area (Å²) in [6.07, 6.45) is -4.60. The number of rotatable bonds is 47. The van der Waals surface area contributed by atoms with Gasteiger partial charge in [0.2, 0.25) is 35.4 Å². The smallest absolute Gasteiger partial charge is 0.460 e. The molecule has 5 aromatic carbocycles. The number of ketones is 4. The summed E-state index contributed by atoms with van der Waals surface area (Å²) in [6, 6.07) is 23.0. The summed E-state index contributed by atoms with van der Waals surface area (Å²) in [6.45, 7) is 26.2. The fourth-order valence-corrected chi connectivity index (χ4v) is 12.3. The lowest BCUT2D eigenvalue weighted by atomic mass is 9.86. The third kappa shape index (κ3) is 53.8. The van der Waals surface area contributed by atoms with Gasteiger partial charge in [0.25, 0.3) is 17.1 Å². The number of Topliss-reactive ketones (excluding diaryl/α,β-unsaturated/α-hetero) is 4. The molecule has 0 aromatic heterocycles. The van der Waals surface area contributed by atoms with E-state index in [0.29, 0.717) is 22.3 Å². The number of nitrogens with one attached hydrogen (secondary N) is 6. The molecule has 142 heavy (non-hydrogen) atoms. The van der Waals surface area contributed by atoms with Crippen molar-refractivity contribution in [3.05, 3.63) is 174 Å². The van der Waals surface area contributed by atoms with Gasteiger partial charge in [-0.25, -0.2) is 19.2 Å². The lowest BCUT2D eigenvalue weighted by Gasteiger charge is -2.27. The Hall–Kier alpha value is -14.3.